The van der Waals surface area contributed by atoms with Crippen LogP contribution in [0.3, 0.4) is 0 Å². The molecule has 0 atom stereocenters. The van der Waals surface area contributed by atoms with E-state index in [0.717, 1.165) is 67.5 Å². The minimum Gasteiger partial charge on any atom is -0.497 e. The smallest absolute Gasteiger partial charge is 0.140 e. The summed E-state index contributed by atoms with van der Waals surface area (Å²) in [7, 11) is 3.39. The van der Waals surface area contributed by atoms with Crippen molar-refractivity contribution in [1.29, 1.82) is 0 Å². The van der Waals surface area contributed by atoms with Gasteiger partial charge in [-0.1, -0.05) is 98.3 Å². The van der Waals surface area contributed by atoms with Crippen LogP contribution in [-0.4, -0.2) is 35.2 Å². The van der Waals surface area contributed by atoms with Gasteiger partial charge in [0.25, 0.3) is 0 Å². The maximum atomic E-state index is 5.61. The van der Waals surface area contributed by atoms with E-state index >= 15 is 0 Å². The lowest BCUT2D eigenvalue weighted by atomic mass is 10.0. The zero-order valence-electron chi connectivity index (χ0n) is 24.3. The van der Waals surface area contributed by atoms with Gasteiger partial charge >= 0.3 is 0 Å². The van der Waals surface area contributed by atoms with Crippen LogP contribution >= 0.6 is 0 Å². The zero-order chi connectivity index (χ0) is 28.4. The Morgan fingerprint density at radius 3 is 2.46 bits per heavy atom. The van der Waals surface area contributed by atoms with Gasteiger partial charge in [0, 0.05) is 37.3 Å². The molecule has 5 heteroatoms. The van der Waals surface area contributed by atoms with E-state index in [1.165, 1.54) is 22.0 Å². The first-order valence-electron chi connectivity index (χ1n) is 14.4. The predicted molar refractivity (Wildman–Crippen MR) is 169 cm³/mol. The van der Waals surface area contributed by atoms with Gasteiger partial charge in [-0.2, -0.15) is 0 Å². The molecule has 0 spiro atoms. The summed E-state index contributed by atoms with van der Waals surface area (Å²) in [5.41, 5.74) is 4.69. The van der Waals surface area contributed by atoms with Gasteiger partial charge in [0.15, 0.2) is 0 Å². The largest absolute Gasteiger partial charge is 0.497 e. The van der Waals surface area contributed by atoms with Gasteiger partial charge in [0.05, 0.1) is 26.1 Å². The SMILES string of the molecule is CCCCn1c(CN(C/C=C\c2cc(OC)ccc2OC)Cc2cccc3ccccc23)cnc1-c1ccccc1. The van der Waals surface area contributed by atoms with Crippen LogP contribution in [0.4, 0.5) is 0 Å². The first kappa shape index (κ1) is 28.2. The van der Waals surface area contributed by atoms with Crippen molar-refractivity contribution in [1.82, 2.24) is 14.5 Å². The molecule has 0 fully saturated rings. The van der Waals surface area contributed by atoms with Crippen molar-refractivity contribution in [2.75, 3.05) is 20.8 Å². The Hall–Kier alpha value is -4.35. The van der Waals surface area contributed by atoms with Crippen LogP contribution in [0.1, 0.15) is 36.6 Å². The number of unbranched alkanes of at least 4 members (excludes halogenated alkanes) is 1. The molecule has 4 aromatic carbocycles. The van der Waals surface area contributed by atoms with E-state index in [0.29, 0.717) is 0 Å². The average molecular weight is 546 g/mol. The van der Waals surface area contributed by atoms with E-state index in [-0.39, 0.29) is 0 Å². The Kier molecular flexibility index (Phi) is 9.50. The Morgan fingerprint density at radius 1 is 0.854 bits per heavy atom. The van der Waals surface area contributed by atoms with E-state index in [9.17, 15) is 0 Å². The second-order valence-electron chi connectivity index (χ2n) is 10.3. The predicted octanol–water partition coefficient (Wildman–Crippen LogP) is 8.24. The van der Waals surface area contributed by atoms with Gasteiger partial charge < -0.3 is 14.0 Å². The Bertz CT molecular complexity index is 1580. The summed E-state index contributed by atoms with van der Waals surface area (Å²) in [6.45, 7) is 5.56. The third-order valence-electron chi connectivity index (χ3n) is 7.46. The summed E-state index contributed by atoms with van der Waals surface area (Å²) in [6.07, 6.45) is 8.65. The molecule has 5 aromatic rings. The fourth-order valence-corrected chi connectivity index (χ4v) is 5.30. The van der Waals surface area contributed by atoms with Gasteiger partial charge in [-0.3, -0.25) is 4.90 Å². The number of nitrogens with zero attached hydrogens (tertiary/aromatic N) is 3. The molecule has 0 amide bonds. The lowest BCUT2D eigenvalue weighted by Crippen LogP contribution is -2.25. The van der Waals surface area contributed by atoms with Gasteiger partial charge in [-0.25, -0.2) is 4.98 Å². The van der Waals surface area contributed by atoms with Crippen LogP contribution in [0.15, 0.2) is 103 Å². The fraction of sp³-hybridized carbons (Fsp3) is 0.250. The minimum absolute atomic E-state index is 0.767. The second-order valence-corrected chi connectivity index (χ2v) is 10.3. The highest BCUT2D eigenvalue weighted by Crippen LogP contribution is 2.27. The van der Waals surface area contributed by atoms with Crippen molar-refractivity contribution in [3.05, 3.63) is 120 Å². The Balaban J connectivity index is 1.47. The normalized spacial score (nSPS) is 11.5. The summed E-state index contributed by atoms with van der Waals surface area (Å²) >= 11 is 0. The van der Waals surface area contributed by atoms with E-state index < -0.39 is 0 Å². The number of aromatic nitrogens is 2. The molecule has 0 radical (unpaired) electrons. The summed E-state index contributed by atoms with van der Waals surface area (Å²) in [5, 5.41) is 2.56. The summed E-state index contributed by atoms with van der Waals surface area (Å²) in [4.78, 5) is 7.39. The van der Waals surface area contributed by atoms with Gasteiger partial charge in [-0.15, -0.1) is 0 Å². The highest BCUT2D eigenvalue weighted by atomic mass is 16.5. The van der Waals surface area contributed by atoms with Crippen LogP contribution in [0, 0.1) is 0 Å². The second kappa shape index (κ2) is 13.8. The minimum atomic E-state index is 0.767. The summed E-state index contributed by atoms with van der Waals surface area (Å²) in [5.74, 6) is 2.68. The van der Waals surface area contributed by atoms with E-state index in [4.69, 9.17) is 14.5 Å². The maximum Gasteiger partial charge on any atom is 0.140 e. The first-order chi connectivity index (χ1) is 20.2. The quantitative estimate of drug-likeness (QED) is 0.149. The number of hydrogen-bond donors (Lipinski definition) is 0. The molecule has 0 saturated carbocycles. The standard InChI is InChI=1S/C36H39N3O2/c1-4-5-23-39-32(25-37-36(39)29-14-7-6-8-15-29)27-38(26-31-17-11-16-28-13-9-10-19-34(28)31)22-12-18-30-24-33(40-2)20-21-35(30)41-3/h6-21,24-25H,4-5,22-23,26-27H2,1-3H3/b18-12-. The molecule has 210 valence electrons. The average Bonchev–Trinajstić information content (AvgIpc) is 3.42. The molecule has 0 aliphatic heterocycles. The van der Waals surface area contributed by atoms with Gasteiger partial charge in [0.2, 0.25) is 0 Å². The highest BCUT2D eigenvalue weighted by molar-refractivity contribution is 5.85. The number of methoxy groups -OCH3 is 2. The van der Waals surface area contributed by atoms with Crippen molar-refractivity contribution in [2.24, 2.45) is 0 Å². The number of ether oxygens (including phenoxy) is 2. The molecule has 5 nitrogen and oxygen atoms in total. The summed E-state index contributed by atoms with van der Waals surface area (Å²) < 4.78 is 13.5. The first-order valence-corrected chi connectivity index (χ1v) is 14.4. The molecule has 1 aromatic heterocycles. The third kappa shape index (κ3) is 6.87. The highest BCUT2D eigenvalue weighted by Gasteiger charge is 2.16. The molecule has 0 saturated heterocycles. The molecular weight excluding hydrogens is 506 g/mol. The van der Waals surface area contributed by atoms with Crippen molar-refractivity contribution < 1.29 is 9.47 Å². The van der Waals surface area contributed by atoms with Gasteiger partial charge in [0.1, 0.15) is 17.3 Å². The molecule has 5 rings (SSSR count). The lowest BCUT2D eigenvalue weighted by Gasteiger charge is -2.23. The van der Waals surface area contributed by atoms with Crippen molar-refractivity contribution in [3.63, 3.8) is 0 Å². The van der Waals surface area contributed by atoms with Crippen LogP contribution in [-0.2, 0) is 19.6 Å². The Morgan fingerprint density at radius 2 is 1.66 bits per heavy atom. The molecule has 0 unspecified atom stereocenters. The van der Waals surface area contributed by atoms with Crippen molar-refractivity contribution in [3.8, 4) is 22.9 Å². The number of benzene rings is 4. The molecule has 1 heterocycles. The number of imidazole rings is 1. The van der Waals surface area contributed by atoms with E-state index in [1.54, 1.807) is 14.2 Å². The Labute approximate surface area is 243 Å². The van der Waals surface area contributed by atoms with Crippen LogP contribution in [0.5, 0.6) is 11.5 Å². The molecular formula is C36H39N3O2. The molecule has 0 bridgehead atoms. The molecule has 41 heavy (non-hydrogen) atoms. The van der Waals surface area contributed by atoms with Crippen molar-refractivity contribution in [2.45, 2.75) is 39.4 Å². The van der Waals surface area contributed by atoms with E-state index in [1.807, 2.05) is 18.2 Å². The van der Waals surface area contributed by atoms with Crippen LogP contribution in [0.2, 0.25) is 0 Å². The molecule has 0 aliphatic rings. The zero-order valence-corrected chi connectivity index (χ0v) is 24.3. The number of fused-ring (bicyclic) bond motifs is 1. The number of rotatable bonds is 13. The van der Waals surface area contributed by atoms with E-state index in [2.05, 4.69) is 108 Å². The summed E-state index contributed by atoms with van der Waals surface area (Å²) in [6, 6.07) is 31.6. The van der Waals surface area contributed by atoms with Crippen LogP contribution in [0.25, 0.3) is 28.2 Å². The molecule has 0 aliphatic carbocycles. The van der Waals surface area contributed by atoms with Gasteiger partial charge in [-0.05, 0) is 41.0 Å². The lowest BCUT2D eigenvalue weighted by molar-refractivity contribution is 0.279. The fourth-order valence-electron chi connectivity index (χ4n) is 5.30. The monoisotopic (exact) mass is 545 g/mol. The maximum absolute atomic E-state index is 5.61. The third-order valence-corrected chi connectivity index (χ3v) is 7.46. The van der Waals surface area contributed by atoms with Crippen LogP contribution < -0.4 is 9.47 Å². The topological polar surface area (TPSA) is 39.5 Å². The number of hydrogen-bond acceptors (Lipinski definition) is 4. The molecule has 0 N–H and O–H groups in total. The van der Waals surface area contributed by atoms with Crippen molar-refractivity contribution >= 4 is 16.8 Å².